The van der Waals surface area contributed by atoms with Crippen LogP contribution in [0, 0.1) is 5.92 Å². The summed E-state index contributed by atoms with van der Waals surface area (Å²) >= 11 is 1.33. The Labute approximate surface area is 127 Å². The molecule has 1 unspecified atom stereocenters. The van der Waals surface area contributed by atoms with E-state index in [-0.39, 0.29) is 17.7 Å². The number of rotatable bonds is 7. The van der Waals surface area contributed by atoms with E-state index in [9.17, 15) is 4.79 Å². The predicted molar refractivity (Wildman–Crippen MR) is 78.6 cm³/mol. The highest BCUT2D eigenvalue weighted by molar-refractivity contribution is 7.99. The molecule has 0 aliphatic rings. The van der Waals surface area contributed by atoms with Crippen molar-refractivity contribution < 1.29 is 9.21 Å². The number of carbonyl (C=O) groups excluding carboxylic acids is 1. The van der Waals surface area contributed by atoms with Crippen molar-refractivity contribution in [3.63, 3.8) is 0 Å². The van der Waals surface area contributed by atoms with Gasteiger partial charge >= 0.3 is 0 Å². The summed E-state index contributed by atoms with van der Waals surface area (Å²) in [5, 5.41) is 15.0. The number of nitrogens with one attached hydrogen (secondary N) is 1. The average molecular weight is 309 g/mol. The van der Waals surface area contributed by atoms with E-state index in [2.05, 4.69) is 34.7 Å². The lowest BCUT2D eigenvalue weighted by Gasteiger charge is -2.11. The van der Waals surface area contributed by atoms with Crippen LogP contribution >= 0.6 is 11.8 Å². The zero-order chi connectivity index (χ0) is 15.2. The molecule has 1 N–H and O–H groups in total. The molecule has 2 aromatic rings. The van der Waals surface area contributed by atoms with Crippen LogP contribution in [-0.2, 0) is 11.3 Å². The molecular weight excluding hydrogens is 290 g/mol. The van der Waals surface area contributed by atoms with E-state index in [1.165, 1.54) is 11.8 Å². The summed E-state index contributed by atoms with van der Waals surface area (Å²) in [6, 6.07) is 3.48. The zero-order valence-electron chi connectivity index (χ0n) is 12.3. The van der Waals surface area contributed by atoms with Crippen LogP contribution in [0.5, 0.6) is 0 Å². The van der Waals surface area contributed by atoms with E-state index in [0.717, 1.165) is 12.3 Å². The molecule has 0 aromatic carbocycles. The lowest BCUT2D eigenvalue weighted by atomic mass is 10.2. The first-order valence-electron chi connectivity index (χ1n) is 6.78. The van der Waals surface area contributed by atoms with Crippen LogP contribution in [-0.4, -0.2) is 31.9 Å². The maximum Gasteiger partial charge on any atom is 0.231 e. The minimum atomic E-state index is -0.153. The van der Waals surface area contributed by atoms with Crippen LogP contribution in [0.1, 0.15) is 32.6 Å². The summed E-state index contributed by atoms with van der Waals surface area (Å²) < 4.78 is 6.97. The normalized spacial score (nSPS) is 12.6. The second-order valence-corrected chi connectivity index (χ2v) is 6.07. The van der Waals surface area contributed by atoms with Crippen molar-refractivity contribution in [2.24, 2.45) is 5.92 Å². The van der Waals surface area contributed by atoms with Crippen molar-refractivity contribution in [2.45, 2.75) is 38.5 Å². The molecule has 0 fully saturated rings. The monoisotopic (exact) mass is 309 g/mol. The minimum absolute atomic E-state index is 0.0806. The van der Waals surface area contributed by atoms with E-state index in [4.69, 9.17) is 4.42 Å². The summed E-state index contributed by atoms with van der Waals surface area (Å²) in [5.74, 6) is 1.37. The van der Waals surface area contributed by atoms with Crippen molar-refractivity contribution in [1.29, 1.82) is 0 Å². The molecule has 21 heavy (non-hydrogen) atoms. The SMILES string of the molecule is CC(C)Cn1nnnc1SCC(=O)NC(C)c1ccco1. The van der Waals surface area contributed by atoms with Gasteiger partial charge in [0.2, 0.25) is 11.1 Å². The molecule has 0 saturated carbocycles. The van der Waals surface area contributed by atoms with Gasteiger partial charge in [-0.1, -0.05) is 25.6 Å². The van der Waals surface area contributed by atoms with Crippen molar-refractivity contribution in [2.75, 3.05) is 5.75 Å². The van der Waals surface area contributed by atoms with E-state index in [1.807, 2.05) is 13.0 Å². The highest BCUT2D eigenvalue weighted by Crippen LogP contribution is 2.16. The van der Waals surface area contributed by atoms with Gasteiger partial charge in [0.15, 0.2) is 0 Å². The molecule has 0 radical (unpaired) electrons. The minimum Gasteiger partial charge on any atom is -0.467 e. The van der Waals surface area contributed by atoms with Gasteiger partial charge in [0.25, 0.3) is 0 Å². The Bertz CT molecular complexity index is 567. The van der Waals surface area contributed by atoms with Crippen molar-refractivity contribution >= 4 is 17.7 Å². The van der Waals surface area contributed by atoms with Crippen molar-refractivity contribution in [1.82, 2.24) is 25.5 Å². The van der Waals surface area contributed by atoms with Crippen LogP contribution in [0.15, 0.2) is 28.0 Å². The first-order valence-corrected chi connectivity index (χ1v) is 7.76. The van der Waals surface area contributed by atoms with Gasteiger partial charge in [-0.2, -0.15) is 0 Å². The van der Waals surface area contributed by atoms with Crippen LogP contribution in [0.4, 0.5) is 0 Å². The zero-order valence-corrected chi connectivity index (χ0v) is 13.1. The second-order valence-electron chi connectivity index (χ2n) is 5.13. The first kappa shape index (κ1) is 15.6. The average Bonchev–Trinajstić information content (AvgIpc) is 3.06. The highest BCUT2D eigenvalue weighted by atomic mass is 32.2. The number of thioether (sulfide) groups is 1. The molecule has 0 aliphatic carbocycles. The Hall–Kier alpha value is -1.83. The summed E-state index contributed by atoms with van der Waals surface area (Å²) in [4.78, 5) is 11.9. The largest absolute Gasteiger partial charge is 0.467 e. The summed E-state index contributed by atoms with van der Waals surface area (Å²) in [6.45, 7) is 6.80. The van der Waals surface area contributed by atoms with Crippen LogP contribution in [0.3, 0.4) is 0 Å². The third-order valence-corrected chi connectivity index (χ3v) is 3.67. The molecule has 0 bridgehead atoms. The summed E-state index contributed by atoms with van der Waals surface area (Å²) in [7, 11) is 0. The fourth-order valence-corrected chi connectivity index (χ4v) is 2.48. The number of amides is 1. The molecule has 2 rings (SSSR count). The van der Waals surface area contributed by atoms with Gasteiger partial charge in [-0.25, -0.2) is 4.68 Å². The molecule has 1 atom stereocenters. The molecule has 1 amide bonds. The number of tetrazole rings is 1. The van der Waals surface area contributed by atoms with Gasteiger partial charge in [-0.15, -0.1) is 5.10 Å². The number of aromatic nitrogens is 4. The van der Waals surface area contributed by atoms with Gasteiger partial charge in [0, 0.05) is 6.54 Å². The Morgan fingerprint density at radius 1 is 1.48 bits per heavy atom. The van der Waals surface area contributed by atoms with Gasteiger partial charge < -0.3 is 9.73 Å². The fraction of sp³-hybridized carbons (Fsp3) is 0.538. The van der Waals surface area contributed by atoms with Crippen LogP contribution in [0.25, 0.3) is 0 Å². The maximum atomic E-state index is 11.9. The van der Waals surface area contributed by atoms with E-state index in [0.29, 0.717) is 11.1 Å². The van der Waals surface area contributed by atoms with Gasteiger partial charge in [0.1, 0.15) is 5.76 Å². The molecule has 114 valence electrons. The molecule has 0 saturated heterocycles. The number of nitrogens with zero attached hydrogens (tertiary/aromatic N) is 4. The van der Waals surface area contributed by atoms with Crippen LogP contribution in [0.2, 0.25) is 0 Å². The highest BCUT2D eigenvalue weighted by Gasteiger charge is 2.14. The van der Waals surface area contributed by atoms with Gasteiger partial charge in [-0.05, 0) is 35.4 Å². The van der Waals surface area contributed by atoms with E-state index >= 15 is 0 Å². The second kappa shape index (κ2) is 7.26. The molecule has 7 nitrogen and oxygen atoms in total. The Balaban J connectivity index is 1.83. The van der Waals surface area contributed by atoms with E-state index in [1.54, 1.807) is 17.0 Å². The number of furan rings is 1. The summed E-state index contributed by atoms with van der Waals surface area (Å²) in [6.07, 6.45) is 1.59. The van der Waals surface area contributed by atoms with Gasteiger partial charge in [0.05, 0.1) is 18.1 Å². The molecule has 2 aromatic heterocycles. The Kier molecular flexibility index (Phi) is 5.38. The molecule has 0 aliphatic heterocycles. The number of carbonyl (C=O) groups is 1. The fourth-order valence-electron chi connectivity index (χ4n) is 1.78. The molecule has 8 heteroatoms. The quantitative estimate of drug-likeness (QED) is 0.786. The summed E-state index contributed by atoms with van der Waals surface area (Å²) in [5.41, 5.74) is 0. The number of hydrogen-bond donors (Lipinski definition) is 1. The third kappa shape index (κ3) is 4.59. The Morgan fingerprint density at radius 2 is 2.29 bits per heavy atom. The lowest BCUT2D eigenvalue weighted by Crippen LogP contribution is -2.28. The Morgan fingerprint density at radius 3 is 2.95 bits per heavy atom. The van der Waals surface area contributed by atoms with E-state index < -0.39 is 0 Å². The standard InChI is InChI=1S/C13H19N5O2S/c1-9(2)7-18-13(15-16-17-18)21-8-12(19)14-10(3)11-5-4-6-20-11/h4-6,9-10H,7-8H2,1-3H3,(H,14,19). The third-order valence-electron chi connectivity index (χ3n) is 2.72. The first-order chi connectivity index (χ1) is 10.1. The molecule has 2 heterocycles. The van der Waals surface area contributed by atoms with Crippen molar-refractivity contribution in [3.8, 4) is 0 Å². The predicted octanol–water partition coefficient (Wildman–Crippen LogP) is 1.89. The van der Waals surface area contributed by atoms with Gasteiger partial charge in [-0.3, -0.25) is 4.79 Å². The van der Waals surface area contributed by atoms with Crippen molar-refractivity contribution in [3.05, 3.63) is 24.2 Å². The smallest absolute Gasteiger partial charge is 0.231 e. The molecule has 0 spiro atoms. The number of hydrogen-bond acceptors (Lipinski definition) is 6. The lowest BCUT2D eigenvalue weighted by molar-refractivity contribution is -0.119. The molecular formula is C13H19N5O2S. The van der Waals surface area contributed by atoms with Crippen LogP contribution < -0.4 is 5.32 Å². The maximum absolute atomic E-state index is 11.9. The topological polar surface area (TPSA) is 85.8 Å².